The molecule has 2 bridgehead atoms. The summed E-state index contributed by atoms with van der Waals surface area (Å²) in [5.41, 5.74) is 6.87. The topological polar surface area (TPSA) is 144 Å². The van der Waals surface area contributed by atoms with Crippen molar-refractivity contribution in [3.05, 3.63) is 60.2 Å². The van der Waals surface area contributed by atoms with Crippen LogP contribution in [0.5, 0.6) is 0 Å². The Balaban J connectivity index is 0.000000210. The number of fused-ring (bicyclic) bond motifs is 3. The lowest BCUT2D eigenvalue weighted by Gasteiger charge is -2.35. The zero-order valence-electron chi connectivity index (χ0n) is 22.9. The normalized spacial score (nSPS) is 26.9. The Kier molecular flexibility index (Phi) is 8.79. The highest BCUT2D eigenvalue weighted by Crippen LogP contribution is 2.64. The van der Waals surface area contributed by atoms with Gasteiger partial charge in [-0.25, -0.2) is 0 Å². The summed E-state index contributed by atoms with van der Waals surface area (Å²) in [4.78, 5) is 39.2. The van der Waals surface area contributed by atoms with Crippen LogP contribution in [0.15, 0.2) is 59.5 Å². The molecule has 3 aliphatic rings. The number of hydrogen-bond donors (Lipinski definition) is 2. The van der Waals surface area contributed by atoms with Crippen LogP contribution in [-0.2, 0) is 29.2 Å². The molecule has 2 aliphatic carbocycles. The predicted molar refractivity (Wildman–Crippen MR) is 153 cm³/mol. The molecule has 11 heteroatoms. The lowest BCUT2D eigenvalue weighted by atomic mass is 9.70. The molecule has 1 aliphatic heterocycles. The number of nitrogens with two attached hydrogens (primary N) is 1. The molecule has 40 heavy (non-hydrogen) atoms. The second-order valence-corrected chi connectivity index (χ2v) is 13.7. The number of para-hydroxylation sites is 1. The first-order chi connectivity index (χ1) is 18.8. The van der Waals surface area contributed by atoms with E-state index in [1.165, 1.54) is 4.90 Å². The molecule has 2 saturated carbocycles. The van der Waals surface area contributed by atoms with Gasteiger partial charge < -0.3 is 10.5 Å². The van der Waals surface area contributed by atoms with E-state index < -0.39 is 33.3 Å². The molecule has 1 heterocycles. The highest BCUT2D eigenvalue weighted by Gasteiger charge is 2.65. The molecule has 4 atom stereocenters. The molecule has 0 radical (unpaired) electrons. The molecule has 2 aromatic rings. The molecule has 2 unspecified atom stereocenters. The number of anilines is 1. The number of ketones is 1. The van der Waals surface area contributed by atoms with E-state index in [1.54, 1.807) is 18.7 Å². The fourth-order valence-electron chi connectivity index (χ4n) is 6.25. The number of benzene rings is 2. The minimum absolute atomic E-state index is 0.0152. The van der Waals surface area contributed by atoms with Crippen molar-refractivity contribution in [3.63, 3.8) is 0 Å². The van der Waals surface area contributed by atoms with Gasteiger partial charge in [0.1, 0.15) is 18.4 Å². The van der Waals surface area contributed by atoms with Crippen molar-refractivity contribution in [2.75, 3.05) is 23.8 Å². The van der Waals surface area contributed by atoms with Crippen molar-refractivity contribution in [2.24, 2.45) is 22.5 Å². The van der Waals surface area contributed by atoms with Gasteiger partial charge in [-0.3, -0.25) is 23.8 Å². The standard InChI is InChI=1S/C19H20N2O3S.C10H16O4S/c1-2-24-16(22)12-21-14-10-6-7-11-15(14)25-18(17(20)19(21)23)13-8-4-3-5-9-13;1-9(2)7-3-4-10(9,8(11)5-7)6-15(12,13)14/h3-11,17-18H,2,12,20H2,1H3;7H,3-6H2,1-2H3,(H,12,13,14)/t17-,18-;/m0./s1. The third-order valence-corrected chi connectivity index (χ3v) is 10.9. The summed E-state index contributed by atoms with van der Waals surface area (Å²) < 4.78 is 36.0. The number of Topliss-reactive ketones (excluding diaryl/α,β-unsaturated/α-hetero) is 1. The Morgan fingerprint density at radius 3 is 2.35 bits per heavy atom. The summed E-state index contributed by atoms with van der Waals surface area (Å²) in [6.45, 7) is 5.76. The van der Waals surface area contributed by atoms with Crippen LogP contribution in [0.2, 0.25) is 0 Å². The number of carbonyl (C=O) groups is 3. The summed E-state index contributed by atoms with van der Waals surface area (Å²) in [5, 5.41) is -0.220. The first kappa shape index (κ1) is 30.2. The first-order valence-electron chi connectivity index (χ1n) is 13.3. The van der Waals surface area contributed by atoms with Crippen molar-refractivity contribution >= 4 is 45.2 Å². The van der Waals surface area contributed by atoms with Gasteiger partial charge in [0, 0.05) is 11.3 Å². The number of esters is 1. The maximum absolute atomic E-state index is 13.0. The molecule has 2 aromatic carbocycles. The SMILES string of the molecule is CC1(C)C2CCC1(CS(=O)(=O)O)C(=O)C2.CCOC(=O)CN1C(=O)[C@@H](N)[C@H](c2ccccc2)Sc2ccccc21. The van der Waals surface area contributed by atoms with Gasteiger partial charge in [-0.1, -0.05) is 56.3 Å². The van der Waals surface area contributed by atoms with E-state index in [2.05, 4.69) is 0 Å². The monoisotopic (exact) mass is 588 g/mol. The molecule has 1 amide bonds. The highest BCUT2D eigenvalue weighted by atomic mass is 32.2. The van der Waals surface area contributed by atoms with Crippen LogP contribution in [0.4, 0.5) is 5.69 Å². The average Bonchev–Trinajstić information content (AvgIpc) is 3.19. The molecular formula is C29H36N2O7S2. The molecule has 0 saturated heterocycles. The second-order valence-electron chi connectivity index (χ2n) is 11.1. The molecule has 216 valence electrons. The third kappa shape index (κ3) is 5.83. The number of carbonyl (C=O) groups excluding carboxylic acids is 3. The molecule has 0 aromatic heterocycles. The van der Waals surface area contributed by atoms with Crippen LogP contribution >= 0.6 is 11.8 Å². The molecule has 9 nitrogen and oxygen atoms in total. The van der Waals surface area contributed by atoms with Gasteiger partial charge in [-0.05, 0) is 48.8 Å². The maximum atomic E-state index is 13.0. The van der Waals surface area contributed by atoms with E-state index in [-0.39, 0.29) is 41.4 Å². The number of rotatable bonds is 6. The van der Waals surface area contributed by atoms with Crippen molar-refractivity contribution in [1.29, 1.82) is 0 Å². The van der Waals surface area contributed by atoms with Crippen molar-refractivity contribution in [3.8, 4) is 0 Å². The van der Waals surface area contributed by atoms with E-state index in [1.807, 2.05) is 68.4 Å². The van der Waals surface area contributed by atoms with E-state index >= 15 is 0 Å². The Morgan fingerprint density at radius 2 is 1.77 bits per heavy atom. The molecule has 0 spiro atoms. The Labute approximate surface area is 239 Å². The van der Waals surface area contributed by atoms with Crippen LogP contribution in [0.1, 0.15) is 50.8 Å². The summed E-state index contributed by atoms with van der Waals surface area (Å²) in [5.74, 6) is -0.823. The van der Waals surface area contributed by atoms with Gasteiger partial charge >= 0.3 is 5.97 Å². The fraction of sp³-hybridized carbons (Fsp3) is 0.483. The lowest BCUT2D eigenvalue weighted by Crippen LogP contribution is -2.47. The Hall–Kier alpha value is -2.73. The van der Waals surface area contributed by atoms with Crippen molar-refractivity contribution < 1.29 is 32.1 Å². The summed E-state index contributed by atoms with van der Waals surface area (Å²) in [6, 6.07) is 16.5. The second kappa shape index (κ2) is 11.6. The first-order valence-corrected chi connectivity index (χ1v) is 15.8. The molecule has 3 N–H and O–H groups in total. The average molecular weight is 589 g/mol. The van der Waals surface area contributed by atoms with Gasteiger partial charge in [0.2, 0.25) is 5.91 Å². The van der Waals surface area contributed by atoms with E-state index in [0.29, 0.717) is 18.5 Å². The third-order valence-electron chi connectivity index (χ3n) is 8.58. The summed E-state index contributed by atoms with van der Waals surface area (Å²) in [7, 11) is -4.08. The summed E-state index contributed by atoms with van der Waals surface area (Å²) >= 11 is 1.55. The van der Waals surface area contributed by atoms with Gasteiger partial charge in [-0.15, -0.1) is 11.8 Å². The van der Waals surface area contributed by atoms with Gasteiger partial charge in [0.05, 0.1) is 28.7 Å². The van der Waals surface area contributed by atoms with Crippen molar-refractivity contribution in [1.82, 2.24) is 0 Å². The highest BCUT2D eigenvalue weighted by molar-refractivity contribution is 7.99. The van der Waals surface area contributed by atoms with E-state index in [9.17, 15) is 22.8 Å². The number of hydrogen-bond acceptors (Lipinski definition) is 8. The smallest absolute Gasteiger partial charge is 0.326 e. The van der Waals surface area contributed by atoms with Gasteiger partial charge in [0.15, 0.2) is 0 Å². The Morgan fingerprint density at radius 1 is 1.12 bits per heavy atom. The largest absolute Gasteiger partial charge is 0.465 e. The molecule has 2 fully saturated rings. The van der Waals surface area contributed by atoms with Crippen LogP contribution < -0.4 is 10.6 Å². The quantitative estimate of drug-likeness (QED) is 0.377. The fourth-order valence-corrected chi connectivity index (χ4v) is 8.84. The van der Waals surface area contributed by atoms with Gasteiger partial charge in [0.25, 0.3) is 10.1 Å². The van der Waals surface area contributed by atoms with Crippen LogP contribution in [0, 0.1) is 16.7 Å². The Bertz CT molecular complexity index is 1380. The van der Waals surface area contributed by atoms with Crippen LogP contribution in [-0.4, -0.2) is 55.6 Å². The van der Waals surface area contributed by atoms with Crippen LogP contribution in [0.3, 0.4) is 0 Å². The maximum Gasteiger partial charge on any atom is 0.326 e. The molecule has 5 rings (SSSR count). The number of ether oxygens (including phenoxy) is 1. The number of nitrogens with zero attached hydrogens (tertiary/aromatic N) is 1. The van der Waals surface area contributed by atoms with E-state index in [0.717, 1.165) is 16.9 Å². The minimum Gasteiger partial charge on any atom is -0.465 e. The summed E-state index contributed by atoms with van der Waals surface area (Å²) in [6.07, 6.45) is 1.97. The lowest BCUT2D eigenvalue weighted by molar-refractivity contribution is -0.142. The van der Waals surface area contributed by atoms with Crippen molar-refractivity contribution in [2.45, 2.75) is 56.2 Å². The predicted octanol–water partition coefficient (Wildman–Crippen LogP) is 4.03. The van der Waals surface area contributed by atoms with Crippen LogP contribution in [0.25, 0.3) is 0 Å². The number of thioether (sulfide) groups is 1. The zero-order valence-corrected chi connectivity index (χ0v) is 24.5. The zero-order chi connectivity index (χ0) is 29.3. The van der Waals surface area contributed by atoms with Gasteiger partial charge in [-0.2, -0.15) is 8.42 Å². The minimum atomic E-state index is -4.08. The molecular weight excluding hydrogens is 552 g/mol. The number of amides is 1. The van der Waals surface area contributed by atoms with E-state index in [4.69, 9.17) is 15.0 Å².